The van der Waals surface area contributed by atoms with Crippen molar-refractivity contribution < 1.29 is 0 Å². The third-order valence-corrected chi connectivity index (χ3v) is 13.3. The van der Waals surface area contributed by atoms with Crippen LogP contribution >= 0.6 is 69.9 Å². The Hall–Kier alpha value is -4.94. The number of H-pyrrole nitrogens is 2. The molecule has 8 nitrogen and oxygen atoms in total. The van der Waals surface area contributed by atoms with Crippen molar-refractivity contribution in [3.05, 3.63) is 125 Å². The molecular formula is C48H38Cl4N8S2. The third-order valence-electron chi connectivity index (χ3n) is 11.1. The van der Waals surface area contributed by atoms with Gasteiger partial charge < -0.3 is 9.97 Å². The number of benzene rings is 2. The molecule has 310 valence electrons. The Morgan fingerprint density at radius 2 is 0.629 bits per heavy atom. The molecule has 2 aliphatic heterocycles. The molecule has 0 amide bonds. The van der Waals surface area contributed by atoms with Gasteiger partial charge in [-0.15, -0.1) is 0 Å². The van der Waals surface area contributed by atoms with Crippen molar-refractivity contribution in [1.29, 1.82) is 0 Å². The van der Waals surface area contributed by atoms with Gasteiger partial charge in [0.05, 0.1) is 33.9 Å². The van der Waals surface area contributed by atoms with Crippen LogP contribution in [0.3, 0.4) is 0 Å². The average Bonchev–Trinajstić information content (AvgIpc) is 4.05. The number of thioether (sulfide) groups is 2. The Kier molecular flexibility index (Phi) is 11.4. The molecule has 7 aromatic rings. The first-order valence-corrected chi connectivity index (χ1v) is 23.6. The van der Waals surface area contributed by atoms with Crippen molar-refractivity contribution in [2.24, 2.45) is 0 Å². The van der Waals surface area contributed by atoms with Gasteiger partial charge in [0.1, 0.15) is 20.6 Å². The summed E-state index contributed by atoms with van der Waals surface area (Å²) in [4.78, 5) is 36.9. The molecule has 0 saturated heterocycles. The highest BCUT2D eigenvalue weighted by molar-refractivity contribution is 7.98. The van der Waals surface area contributed by atoms with Gasteiger partial charge >= 0.3 is 0 Å². The van der Waals surface area contributed by atoms with Crippen LogP contribution in [0.4, 0.5) is 0 Å². The molecule has 0 unspecified atom stereocenters. The van der Waals surface area contributed by atoms with Crippen LogP contribution in [0.5, 0.6) is 0 Å². The van der Waals surface area contributed by atoms with Gasteiger partial charge in [-0.1, -0.05) is 105 Å². The lowest BCUT2D eigenvalue weighted by molar-refractivity contribution is 0.974. The summed E-state index contributed by atoms with van der Waals surface area (Å²) in [5.74, 6) is 0. The zero-order valence-corrected chi connectivity index (χ0v) is 39.6. The minimum absolute atomic E-state index is 0.217. The fourth-order valence-electron chi connectivity index (χ4n) is 8.78. The quantitative estimate of drug-likeness (QED) is 0.0964. The number of rotatable bonds is 6. The number of fused-ring (bicyclic) bond motifs is 8. The number of hydrogen-bond donors (Lipinski definition) is 2. The first-order chi connectivity index (χ1) is 29.7. The lowest BCUT2D eigenvalue weighted by atomic mass is 9.92. The zero-order valence-electron chi connectivity index (χ0n) is 34.9. The fraction of sp³-hybridized carbons (Fsp3) is 0.167. The van der Waals surface area contributed by atoms with Gasteiger partial charge in [-0.2, -0.15) is 0 Å². The number of halogens is 4. The van der Waals surface area contributed by atoms with E-state index in [1.54, 1.807) is 0 Å². The van der Waals surface area contributed by atoms with Crippen molar-refractivity contribution in [2.75, 3.05) is 12.5 Å². The lowest BCUT2D eigenvalue weighted by Crippen LogP contribution is -1.97. The molecule has 0 radical (unpaired) electrons. The molecule has 2 aromatic carbocycles. The Labute approximate surface area is 387 Å². The van der Waals surface area contributed by atoms with Crippen LogP contribution in [0.25, 0.3) is 90.9 Å². The van der Waals surface area contributed by atoms with E-state index in [-0.39, 0.29) is 20.6 Å². The van der Waals surface area contributed by atoms with E-state index in [0.717, 1.165) is 89.1 Å². The normalized spacial score (nSPS) is 12.2. The van der Waals surface area contributed by atoms with E-state index in [4.69, 9.17) is 56.4 Å². The van der Waals surface area contributed by atoms with Gasteiger partial charge in [-0.3, -0.25) is 0 Å². The number of nitrogens with one attached hydrogen (secondary N) is 2. The summed E-state index contributed by atoms with van der Waals surface area (Å²) in [7, 11) is 0. The Morgan fingerprint density at radius 1 is 0.371 bits per heavy atom. The van der Waals surface area contributed by atoms with Crippen molar-refractivity contribution in [1.82, 2.24) is 39.9 Å². The van der Waals surface area contributed by atoms with Crippen LogP contribution in [0.2, 0.25) is 20.6 Å². The summed E-state index contributed by atoms with van der Waals surface area (Å²) in [6.45, 7) is 12.7. The maximum atomic E-state index is 7.07. The predicted octanol–water partition coefficient (Wildman–Crippen LogP) is 14.8. The minimum Gasteiger partial charge on any atom is -0.354 e. The number of nitrogens with zero attached hydrogens (tertiary/aromatic N) is 6. The second-order valence-electron chi connectivity index (χ2n) is 15.4. The van der Waals surface area contributed by atoms with E-state index < -0.39 is 0 Å². The van der Waals surface area contributed by atoms with Crippen molar-refractivity contribution in [3.8, 4) is 44.5 Å². The molecule has 0 aliphatic carbocycles. The summed E-state index contributed by atoms with van der Waals surface area (Å²) in [5, 5.41) is 1.80. The molecule has 8 bridgehead atoms. The van der Waals surface area contributed by atoms with E-state index in [2.05, 4.69) is 108 Å². The molecule has 0 atom stereocenters. The van der Waals surface area contributed by atoms with Crippen molar-refractivity contribution in [2.45, 2.75) is 51.9 Å². The summed E-state index contributed by atoms with van der Waals surface area (Å²) in [6.07, 6.45) is 11.8. The van der Waals surface area contributed by atoms with Gasteiger partial charge in [0.2, 0.25) is 0 Å². The lowest BCUT2D eigenvalue weighted by Gasteiger charge is -2.14. The van der Waals surface area contributed by atoms with Crippen LogP contribution in [0, 0.1) is 41.5 Å². The first-order valence-electron chi connectivity index (χ1n) is 19.6. The summed E-state index contributed by atoms with van der Waals surface area (Å²) in [6, 6.07) is 16.9. The van der Waals surface area contributed by atoms with Gasteiger partial charge in [-0.05, 0) is 136 Å². The molecule has 14 heteroatoms. The van der Waals surface area contributed by atoms with E-state index in [9.17, 15) is 0 Å². The van der Waals surface area contributed by atoms with E-state index in [1.807, 2.05) is 48.9 Å². The second-order valence-corrected chi connectivity index (χ2v) is 18.4. The molecule has 9 rings (SSSR count). The van der Waals surface area contributed by atoms with E-state index in [0.29, 0.717) is 44.0 Å². The van der Waals surface area contributed by atoms with Crippen LogP contribution < -0.4 is 0 Å². The fourth-order valence-corrected chi connectivity index (χ4v) is 10.9. The smallest absolute Gasteiger partial charge is 0.190 e. The molecule has 0 fully saturated rings. The molecule has 2 N–H and O–H groups in total. The van der Waals surface area contributed by atoms with E-state index in [1.165, 1.54) is 23.5 Å². The Bertz CT molecular complexity index is 2980. The summed E-state index contributed by atoms with van der Waals surface area (Å²) < 4.78 is 0. The van der Waals surface area contributed by atoms with E-state index >= 15 is 0 Å². The second kappa shape index (κ2) is 16.6. The molecule has 7 heterocycles. The van der Waals surface area contributed by atoms with Crippen LogP contribution in [0.1, 0.15) is 56.2 Å². The molecular weight excluding hydrogens is 895 g/mol. The highest BCUT2D eigenvalue weighted by atomic mass is 35.5. The van der Waals surface area contributed by atoms with Crippen molar-refractivity contribution >= 4 is 116 Å². The summed E-state index contributed by atoms with van der Waals surface area (Å²) >= 11 is 31.0. The number of aromatic amines is 2. The predicted molar refractivity (Wildman–Crippen MR) is 264 cm³/mol. The minimum atomic E-state index is 0.217. The molecule has 5 aromatic heterocycles. The summed E-state index contributed by atoms with van der Waals surface area (Å²) in [5.41, 5.74) is 18.6. The van der Waals surface area contributed by atoms with Crippen molar-refractivity contribution in [3.63, 3.8) is 0 Å². The molecule has 0 spiro atoms. The number of hydrogen-bond acceptors (Lipinski definition) is 8. The molecule has 2 aliphatic rings. The number of aromatic nitrogens is 8. The van der Waals surface area contributed by atoms with Crippen LogP contribution in [-0.4, -0.2) is 52.4 Å². The maximum absolute atomic E-state index is 7.07. The van der Waals surface area contributed by atoms with Gasteiger partial charge in [-0.25, -0.2) is 29.9 Å². The largest absolute Gasteiger partial charge is 0.354 e. The highest BCUT2D eigenvalue weighted by Crippen LogP contribution is 2.44. The monoisotopic (exact) mass is 930 g/mol. The SMILES string of the molecule is CSc1nc(Cl)c(-c2c3nc(c(-c4c(C)cc(C)cc4C)c4ccc([nH]4)c(-c4c(Cl)nc(SC)nc4Cl)c4nc(c(-c5c(C)cc(C)cc5C)c5ccc2[nH]5)C=C4)C=C3)c(Cl)n1. The standard InChI is InChI=1S/C48H38Cl4N8S2/c1-21-17-23(3)35(24(4)18-21)37-27-9-13-31(53-27)39(41-43(49)57-47(61-7)58-44(41)50)33-15-11-29(55-33)38(36-25(5)19-22(2)20-26(36)6)30-12-16-34(56-30)40(32-14-10-28(37)54-32)42-45(51)59-48(62-8)60-46(42)52/h9-20,53,56H,1-8H3. The Morgan fingerprint density at radius 3 is 0.887 bits per heavy atom. The van der Waals surface area contributed by atoms with Gasteiger partial charge in [0.25, 0.3) is 0 Å². The number of aryl methyl sites for hydroxylation is 6. The first kappa shape index (κ1) is 42.4. The van der Waals surface area contributed by atoms with Gasteiger partial charge in [0.15, 0.2) is 10.3 Å². The van der Waals surface area contributed by atoms with Crippen LogP contribution in [0.15, 0.2) is 58.8 Å². The average molecular weight is 933 g/mol. The maximum Gasteiger partial charge on any atom is 0.190 e. The zero-order chi connectivity index (χ0) is 43.7. The van der Waals surface area contributed by atoms with Gasteiger partial charge in [0, 0.05) is 44.3 Å². The third kappa shape index (κ3) is 7.44. The Balaban J connectivity index is 1.53. The highest BCUT2D eigenvalue weighted by Gasteiger charge is 2.26. The van der Waals surface area contributed by atoms with Crippen LogP contribution in [-0.2, 0) is 0 Å². The molecule has 0 saturated carbocycles. The topological polar surface area (TPSA) is 109 Å². The molecule has 62 heavy (non-hydrogen) atoms.